The number of fused-ring (bicyclic) bond motifs is 2. The molecule has 0 aliphatic carbocycles. The summed E-state index contributed by atoms with van der Waals surface area (Å²) in [7, 11) is 0. The molecule has 1 aromatic heterocycles. The van der Waals surface area contributed by atoms with Crippen LogP contribution in [0.25, 0.3) is 20.8 Å². The van der Waals surface area contributed by atoms with Gasteiger partial charge < -0.3 is 20.1 Å². The van der Waals surface area contributed by atoms with Gasteiger partial charge in [0, 0.05) is 24.2 Å². The second-order valence-electron chi connectivity index (χ2n) is 7.27. The van der Waals surface area contributed by atoms with Gasteiger partial charge >= 0.3 is 0 Å². The first-order valence-corrected chi connectivity index (χ1v) is 10.3. The number of carbonyl (C=O) groups is 1. The maximum atomic E-state index is 12.9. The largest absolute Gasteiger partial charge is 0.504 e. The number of rotatable bonds is 2. The molecule has 2 aliphatic rings. The van der Waals surface area contributed by atoms with Crippen molar-refractivity contribution < 1.29 is 14.6 Å². The highest BCUT2D eigenvalue weighted by atomic mass is 32.1. The zero-order valence-corrected chi connectivity index (χ0v) is 16.2. The van der Waals surface area contributed by atoms with Crippen LogP contribution in [0, 0.1) is 5.92 Å². The van der Waals surface area contributed by atoms with Gasteiger partial charge in [0.15, 0.2) is 11.5 Å². The van der Waals surface area contributed by atoms with E-state index >= 15 is 0 Å². The predicted molar refractivity (Wildman–Crippen MR) is 109 cm³/mol. The van der Waals surface area contributed by atoms with Crippen molar-refractivity contribution in [2.45, 2.75) is 13.0 Å². The molecular weight excluding hydrogens is 374 g/mol. The number of hydrogen-bond donors (Lipinski definition) is 2. The Kier molecular flexibility index (Phi) is 4.41. The number of aromatic nitrogens is 1. The van der Waals surface area contributed by atoms with E-state index in [1.807, 2.05) is 35.2 Å². The Hall–Kier alpha value is -2.64. The second-order valence-corrected chi connectivity index (χ2v) is 8.30. The van der Waals surface area contributed by atoms with E-state index in [4.69, 9.17) is 9.72 Å². The molecule has 0 saturated carbocycles. The number of benzene rings is 2. The quantitative estimate of drug-likeness (QED) is 0.698. The van der Waals surface area contributed by atoms with Crippen LogP contribution in [0.4, 0.5) is 0 Å². The molecule has 6 nitrogen and oxygen atoms in total. The molecule has 0 radical (unpaired) electrons. The topological polar surface area (TPSA) is 74.7 Å². The highest BCUT2D eigenvalue weighted by Crippen LogP contribution is 2.39. The van der Waals surface area contributed by atoms with Gasteiger partial charge in [-0.2, -0.15) is 0 Å². The summed E-state index contributed by atoms with van der Waals surface area (Å²) in [6.45, 7) is 2.98. The highest BCUT2D eigenvalue weighted by Gasteiger charge is 2.30. The van der Waals surface area contributed by atoms with Gasteiger partial charge in [0.1, 0.15) is 11.6 Å². The van der Waals surface area contributed by atoms with Crippen molar-refractivity contribution in [2.24, 2.45) is 5.92 Å². The number of nitrogens with one attached hydrogen (secondary N) is 1. The Balaban J connectivity index is 1.50. The number of aromatic hydroxyl groups is 1. The lowest BCUT2D eigenvalue weighted by Crippen LogP contribution is -2.37. The zero-order valence-electron chi connectivity index (χ0n) is 15.4. The van der Waals surface area contributed by atoms with Crippen LogP contribution in [0.2, 0.25) is 0 Å². The molecule has 3 heterocycles. The Morgan fingerprint density at radius 2 is 2.21 bits per heavy atom. The number of hydrogen-bond acceptors (Lipinski definition) is 6. The SMILES string of the molecule is O=C([C@@H]1CCNC1)N1CCOc2c(O)cc(-c3nc4ccccc4s3)cc2C1. The minimum atomic E-state index is 0.0302. The predicted octanol–water partition coefficient (Wildman–Crippen LogP) is 3.00. The number of ether oxygens (including phenoxy) is 1. The lowest BCUT2D eigenvalue weighted by molar-refractivity contribution is -0.135. The Morgan fingerprint density at radius 3 is 3.04 bits per heavy atom. The van der Waals surface area contributed by atoms with Gasteiger partial charge in [-0.3, -0.25) is 4.79 Å². The van der Waals surface area contributed by atoms with Gasteiger partial charge in [-0.1, -0.05) is 12.1 Å². The van der Waals surface area contributed by atoms with Crippen molar-refractivity contribution in [3.8, 4) is 22.1 Å². The summed E-state index contributed by atoms with van der Waals surface area (Å²) in [5, 5.41) is 14.7. The molecule has 0 unspecified atom stereocenters. The van der Waals surface area contributed by atoms with Crippen molar-refractivity contribution in [1.82, 2.24) is 15.2 Å². The highest BCUT2D eigenvalue weighted by molar-refractivity contribution is 7.21. The lowest BCUT2D eigenvalue weighted by atomic mass is 10.1. The molecule has 2 aliphatic heterocycles. The fraction of sp³-hybridized carbons (Fsp3) is 0.333. The van der Waals surface area contributed by atoms with Crippen molar-refractivity contribution >= 4 is 27.5 Å². The molecule has 2 N–H and O–H groups in total. The molecule has 1 fully saturated rings. The van der Waals surface area contributed by atoms with E-state index in [0.29, 0.717) is 25.4 Å². The van der Waals surface area contributed by atoms with Crippen LogP contribution in [0.5, 0.6) is 11.5 Å². The summed E-state index contributed by atoms with van der Waals surface area (Å²) in [6, 6.07) is 11.7. The smallest absolute Gasteiger partial charge is 0.227 e. The Labute approximate surface area is 166 Å². The van der Waals surface area contributed by atoms with Gasteiger partial charge in [0.05, 0.1) is 22.7 Å². The summed E-state index contributed by atoms with van der Waals surface area (Å²) in [5.74, 6) is 0.766. The van der Waals surface area contributed by atoms with Crippen molar-refractivity contribution in [3.63, 3.8) is 0 Å². The molecule has 0 spiro atoms. The molecular formula is C21H21N3O3S. The molecule has 1 amide bonds. The van der Waals surface area contributed by atoms with Crippen LogP contribution < -0.4 is 10.1 Å². The molecule has 7 heteroatoms. The minimum Gasteiger partial charge on any atom is -0.504 e. The van der Waals surface area contributed by atoms with Gasteiger partial charge in [-0.15, -0.1) is 11.3 Å². The molecule has 3 aromatic rings. The van der Waals surface area contributed by atoms with Crippen LogP contribution in [0.1, 0.15) is 12.0 Å². The first-order valence-electron chi connectivity index (χ1n) is 9.53. The average Bonchev–Trinajstić information content (AvgIpc) is 3.33. The summed E-state index contributed by atoms with van der Waals surface area (Å²) in [5.41, 5.74) is 2.61. The average molecular weight is 395 g/mol. The van der Waals surface area contributed by atoms with Crippen LogP contribution in [0.3, 0.4) is 0 Å². The Morgan fingerprint density at radius 1 is 1.32 bits per heavy atom. The molecule has 2 aromatic carbocycles. The third-order valence-electron chi connectivity index (χ3n) is 5.38. The monoisotopic (exact) mass is 395 g/mol. The number of amides is 1. The lowest BCUT2D eigenvalue weighted by Gasteiger charge is -2.23. The standard InChI is InChI=1S/C21H21N3O3S/c25-17-10-14(20-23-16-3-1-2-4-18(16)28-20)9-15-12-24(7-8-27-19(15)17)21(26)13-5-6-22-11-13/h1-4,9-10,13,22,25H,5-8,11-12H2/t13-/m1/s1. The van der Waals surface area contributed by atoms with Crippen LogP contribution in [-0.4, -0.2) is 47.1 Å². The zero-order chi connectivity index (χ0) is 19.1. The van der Waals surface area contributed by atoms with Crippen LogP contribution >= 0.6 is 11.3 Å². The normalized spacial score (nSPS) is 19.3. The van der Waals surface area contributed by atoms with Gasteiger partial charge in [0.2, 0.25) is 5.91 Å². The van der Waals surface area contributed by atoms with E-state index in [-0.39, 0.29) is 17.6 Å². The van der Waals surface area contributed by atoms with E-state index in [1.165, 1.54) is 0 Å². The van der Waals surface area contributed by atoms with E-state index in [2.05, 4.69) is 5.32 Å². The molecule has 5 rings (SSSR count). The van der Waals surface area contributed by atoms with Gasteiger partial charge in [-0.05, 0) is 37.2 Å². The number of para-hydroxylation sites is 1. The summed E-state index contributed by atoms with van der Waals surface area (Å²) in [6.07, 6.45) is 0.875. The van der Waals surface area contributed by atoms with Crippen LogP contribution in [-0.2, 0) is 11.3 Å². The molecule has 1 saturated heterocycles. The first kappa shape index (κ1) is 17.5. The number of carbonyl (C=O) groups excluding carboxylic acids is 1. The van der Waals surface area contributed by atoms with Gasteiger partial charge in [0.25, 0.3) is 0 Å². The minimum absolute atomic E-state index is 0.0302. The number of phenols is 1. The van der Waals surface area contributed by atoms with Crippen molar-refractivity contribution in [3.05, 3.63) is 42.0 Å². The third kappa shape index (κ3) is 3.10. The molecule has 1 atom stereocenters. The number of nitrogens with zero attached hydrogens (tertiary/aromatic N) is 2. The summed E-state index contributed by atoms with van der Waals surface area (Å²) < 4.78 is 6.90. The molecule has 28 heavy (non-hydrogen) atoms. The second kappa shape index (κ2) is 7.07. The van der Waals surface area contributed by atoms with Crippen molar-refractivity contribution in [1.29, 1.82) is 0 Å². The third-order valence-corrected chi connectivity index (χ3v) is 6.46. The maximum absolute atomic E-state index is 12.9. The van der Waals surface area contributed by atoms with Gasteiger partial charge in [-0.25, -0.2) is 4.98 Å². The van der Waals surface area contributed by atoms with E-state index in [1.54, 1.807) is 17.4 Å². The number of phenolic OH excluding ortho intramolecular Hbond substituents is 1. The van der Waals surface area contributed by atoms with Crippen LogP contribution in [0.15, 0.2) is 36.4 Å². The Bertz CT molecular complexity index is 1010. The van der Waals surface area contributed by atoms with E-state index < -0.39 is 0 Å². The molecule has 0 bridgehead atoms. The first-order chi connectivity index (χ1) is 13.7. The number of thiazole rings is 1. The van der Waals surface area contributed by atoms with E-state index in [0.717, 1.165) is 45.9 Å². The van der Waals surface area contributed by atoms with Crippen molar-refractivity contribution in [2.75, 3.05) is 26.2 Å². The maximum Gasteiger partial charge on any atom is 0.227 e. The summed E-state index contributed by atoms with van der Waals surface area (Å²) in [4.78, 5) is 19.4. The summed E-state index contributed by atoms with van der Waals surface area (Å²) >= 11 is 1.59. The fourth-order valence-corrected chi connectivity index (χ4v) is 4.88. The fourth-order valence-electron chi connectivity index (χ4n) is 3.93. The van der Waals surface area contributed by atoms with E-state index in [9.17, 15) is 9.90 Å². The molecule has 144 valence electrons.